The SMILES string of the molecule is CNC(c1cc(C)c(C)cc1Cl)c1cc(Cl)ccc1Br. The molecule has 0 aliphatic rings. The van der Waals surface area contributed by atoms with Gasteiger partial charge in [0.05, 0.1) is 6.04 Å². The maximum atomic E-state index is 6.43. The van der Waals surface area contributed by atoms with Crippen LogP contribution in [0.3, 0.4) is 0 Å². The second-order valence-electron chi connectivity index (χ2n) is 4.85. The maximum absolute atomic E-state index is 6.43. The van der Waals surface area contributed by atoms with Gasteiger partial charge in [-0.2, -0.15) is 0 Å². The van der Waals surface area contributed by atoms with Crippen molar-refractivity contribution in [3.63, 3.8) is 0 Å². The Labute approximate surface area is 138 Å². The Morgan fingerprint density at radius 2 is 1.65 bits per heavy atom. The summed E-state index contributed by atoms with van der Waals surface area (Å²) in [6, 6.07) is 9.91. The smallest absolute Gasteiger partial charge is 0.0600 e. The molecule has 4 heteroatoms. The Morgan fingerprint density at radius 3 is 2.30 bits per heavy atom. The normalized spacial score (nSPS) is 12.5. The minimum atomic E-state index is -0.00475. The van der Waals surface area contributed by atoms with E-state index in [0.29, 0.717) is 5.02 Å². The summed E-state index contributed by atoms with van der Waals surface area (Å²) >= 11 is 16.1. The number of aryl methyl sites for hydroxylation is 2. The van der Waals surface area contributed by atoms with Crippen LogP contribution in [0.15, 0.2) is 34.8 Å². The second kappa shape index (κ2) is 6.48. The summed E-state index contributed by atoms with van der Waals surface area (Å²) in [5, 5.41) is 4.79. The molecule has 20 heavy (non-hydrogen) atoms. The van der Waals surface area contributed by atoms with Gasteiger partial charge in [0.15, 0.2) is 0 Å². The fourth-order valence-corrected chi connectivity index (χ4v) is 3.22. The first kappa shape index (κ1) is 15.8. The quantitative estimate of drug-likeness (QED) is 0.730. The number of rotatable bonds is 3. The summed E-state index contributed by atoms with van der Waals surface area (Å²) in [5.74, 6) is 0. The molecule has 0 fully saturated rings. The molecular formula is C16H16BrCl2N. The largest absolute Gasteiger partial charge is 0.309 e. The fraction of sp³-hybridized carbons (Fsp3) is 0.250. The van der Waals surface area contributed by atoms with Crippen LogP contribution in [0.25, 0.3) is 0 Å². The minimum Gasteiger partial charge on any atom is -0.309 e. The Kier molecular flexibility index (Phi) is 5.14. The van der Waals surface area contributed by atoms with Crippen molar-refractivity contribution in [1.82, 2.24) is 5.32 Å². The number of benzene rings is 2. The maximum Gasteiger partial charge on any atom is 0.0600 e. The first-order valence-electron chi connectivity index (χ1n) is 6.33. The van der Waals surface area contributed by atoms with Crippen LogP contribution in [-0.4, -0.2) is 7.05 Å². The highest BCUT2D eigenvalue weighted by Crippen LogP contribution is 2.35. The van der Waals surface area contributed by atoms with Crippen LogP contribution in [0.1, 0.15) is 28.3 Å². The molecule has 0 bridgehead atoms. The van der Waals surface area contributed by atoms with E-state index in [2.05, 4.69) is 41.2 Å². The highest BCUT2D eigenvalue weighted by molar-refractivity contribution is 9.10. The number of hydrogen-bond acceptors (Lipinski definition) is 1. The number of hydrogen-bond donors (Lipinski definition) is 1. The van der Waals surface area contributed by atoms with E-state index < -0.39 is 0 Å². The van der Waals surface area contributed by atoms with Crippen molar-refractivity contribution < 1.29 is 0 Å². The van der Waals surface area contributed by atoms with Gasteiger partial charge in [-0.25, -0.2) is 0 Å². The summed E-state index contributed by atoms with van der Waals surface area (Å²) in [6.07, 6.45) is 0. The summed E-state index contributed by atoms with van der Waals surface area (Å²) in [6.45, 7) is 4.16. The average molecular weight is 373 g/mol. The molecule has 0 aliphatic heterocycles. The van der Waals surface area contributed by atoms with Gasteiger partial charge in [0.1, 0.15) is 0 Å². The van der Waals surface area contributed by atoms with Crippen molar-refractivity contribution in [2.45, 2.75) is 19.9 Å². The molecule has 0 heterocycles. The first-order chi connectivity index (χ1) is 9.43. The first-order valence-corrected chi connectivity index (χ1v) is 7.87. The lowest BCUT2D eigenvalue weighted by Gasteiger charge is -2.21. The van der Waals surface area contributed by atoms with Gasteiger partial charge in [-0.15, -0.1) is 0 Å². The summed E-state index contributed by atoms with van der Waals surface area (Å²) in [5.41, 5.74) is 4.55. The van der Waals surface area contributed by atoms with Crippen molar-refractivity contribution in [3.05, 3.63) is 67.1 Å². The molecule has 0 spiro atoms. The summed E-state index contributed by atoms with van der Waals surface area (Å²) in [4.78, 5) is 0. The lowest BCUT2D eigenvalue weighted by Crippen LogP contribution is -2.19. The van der Waals surface area contributed by atoms with E-state index in [1.807, 2.05) is 31.3 Å². The van der Waals surface area contributed by atoms with E-state index in [4.69, 9.17) is 23.2 Å². The van der Waals surface area contributed by atoms with Crippen LogP contribution in [-0.2, 0) is 0 Å². The Balaban J connectivity index is 2.58. The van der Waals surface area contributed by atoms with Crippen LogP contribution in [0, 0.1) is 13.8 Å². The van der Waals surface area contributed by atoms with E-state index in [-0.39, 0.29) is 6.04 Å². The van der Waals surface area contributed by atoms with Gasteiger partial charge in [0.25, 0.3) is 0 Å². The molecule has 0 saturated heterocycles. The minimum absolute atomic E-state index is 0.00475. The zero-order valence-electron chi connectivity index (χ0n) is 11.6. The van der Waals surface area contributed by atoms with Crippen molar-refractivity contribution in [2.75, 3.05) is 7.05 Å². The molecule has 1 nitrogen and oxygen atoms in total. The predicted octanol–water partition coefficient (Wildman–Crippen LogP) is 5.68. The highest BCUT2D eigenvalue weighted by atomic mass is 79.9. The van der Waals surface area contributed by atoms with Gasteiger partial charge >= 0.3 is 0 Å². The lowest BCUT2D eigenvalue weighted by atomic mass is 9.95. The van der Waals surface area contributed by atoms with Gasteiger partial charge in [0, 0.05) is 14.5 Å². The summed E-state index contributed by atoms with van der Waals surface area (Å²) in [7, 11) is 1.92. The van der Waals surface area contributed by atoms with E-state index in [0.717, 1.165) is 20.6 Å². The van der Waals surface area contributed by atoms with Gasteiger partial charge in [0.2, 0.25) is 0 Å². The molecule has 2 rings (SSSR count). The monoisotopic (exact) mass is 371 g/mol. The van der Waals surface area contributed by atoms with Crippen molar-refractivity contribution >= 4 is 39.1 Å². The highest BCUT2D eigenvalue weighted by Gasteiger charge is 2.19. The van der Waals surface area contributed by atoms with Gasteiger partial charge in [-0.1, -0.05) is 45.2 Å². The van der Waals surface area contributed by atoms with Crippen molar-refractivity contribution in [3.8, 4) is 0 Å². The van der Waals surface area contributed by atoms with E-state index in [9.17, 15) is 0 Å². The third-order valence-corrected chi connectivity index (χ3v) is 4.77. The molecule has 0 aromatic heterocycles. The van der Waals surface area contributed by atoms with Gasteiger partial charge < -0.3 is 5.32 Å². The molecular weight excluding hydrogens is 357 g/mol. The third-order valence-electron chi connectivity index (χ3n) is 3.48. The topological polar surface area (TPSA) is 12.0 Å². The zero-order chi connectivity index (χ0) is 14.9. The Morgan fingerprint density at radius 1 is 1.00 bits per heavy atom. The molecule has 0 saturated carbocycles. The van der Waals surface area contributed by atoms with E-state index in [1.165, 1.54) is 11.1 Å². The zero-order valence-corrected chi connectivity index (χ0v) is 14.7. The summed E-state index contributed by atoms with van der Waals surface area (Å²) < 4.78 is 1.01. The molecule has 0 radical (unpaired) electrons. The fourth-order valence-electron chi connectivity index (χ4n) is 2.24. The molecule has 2 aromatic carbocycles. The van der Waals surface area contributed by atoms with Crippen LogP contribution in [0.2, 0.25) is 10.0 Å². The van der Waals surface area contributed by atoms with Crippen LogP contribution in [0.5, 0.6) is 0 Å². The average Bonchev–Trinajstić information content (AvgIpc) is 2.40. The lowest BCUT2D eigenvalue weighted by molar-refractivity contribution is 0.688. The van der Waals surface area contributed by atoms with Crippen LogP contribution < -0.4 is 5.32 Å². The molecule has 1 N–H and O–H groups in total. The van der Waals surface area contributed by atoms with Crippen molar-refractivity contribution in [2.24, 2.45) is 0 Å². The molecule has 0 aliphatic carbocycles. The van der Waals surface area contributed by atoms with Crippen molar-refractivity contribution in [1.29, 1.82) is 0 Å². The standard InChI is InChI=1S/C16H16BrCl2N/c1-9-6-13(15(19)7-10(9)2)16(20-3)12-8-11(18)4-5-14(12)17/h4-8,16,20H,1-3H3. The van der Waals surface area contributed by atoms with Crippen LogP contribution in [0.4, 0.5) is 0 Å². The molecule has 1 atom stereocenters. The van der Waals surface area contributed by atoms with Crippen LogP contribution >= 0.6 is 39.1 Å². The molecule has 0 amide bonds. The van der Waals surface area contributed by atoms with E-state index >= 15 is 0 Å². The van der Waals surface area contributed by atoms with E-state index in [1.54, 1.807) is 0 Å². The third kappa shape index (κ3) is 3.20. The molecule has 1 unspecified atom stereocenters. The Hall–Kier alpha value is -0.540. The predicted molar refractivity (Wildman–Crippen MR) is 91.0 cm³/mol. The Bertz CT molecular complexity index is 641. The van der Waals surface area contributed by atoms with Gasteiger partial charge in [-0.05, 0) is 67.4 Å². The number of nitrogens with one attached hydrogen (secondary N) is 1. The number of halogens is 3. The molecule has 106 valence electrons. The molecule has 2 aromatic rings. The van der Waals surface area contributed by atoms with Gasteiger partial charge in [-0.3, -0.25) is 0 Å². The second-order valence-corrected chi connectivity index (χ2v) is 6.54.